The van der Waals surface area contributed by atoms with Gasteiger partial charge in [0.1, 0.15) is 0 Å². The minimum Gasteiger partial charge on any atom is -0.480 e. The quantitative estimate of drug-likeness (QED) is 0.756. The molecule has 0 bridgehead atoms. The van der Waals surface area contributed by atoms with E-state index < -0.39 is 0 Å². The number of nitrogens with one attached hydrogen (secondary N) is 1. The third kappa shape index (κ3) is 4.92. The van der Waals surface area contributed by atoms with E-state index in [0.29, 0.717) is 6.04 Å². The van der Waals surface area contributed by atoms with Crippen molar-refractivity contribution in [2.24, 2.45) is 0 Å². The smallest absolute Gasteiger partial charge is 0.230 e. The lowest BCUT2D eigenvalue weighted by atomic mass is 10.3. The molecule has 1 heterocycles. The predicted octanol–water partition coefficient (Wildman–Crippen LogP) is 2.04. The first kappa shape index (κ1) is 17.2. The summed E-state index contributed by atoms with van der Waals surface area (Å²) >= 11 is 1.68. The van der Waals surface area contributed by atoms with Crippen LogP contribution in [0.25, 0.3) is 0 Å². The van der Waals surface area contributed by atoms with Gasteiger partial charge in [-0.25, -0.2) is 0 Å². The fourth-order valence-corrected chi connectivity index (χ4v) is 2.89. The average Bonchev–Trinajstić information content (AvgIpc) is 2.86. The van der Waals surface area contributed by atoms with Crippen LogP contribution in [0.4, 0.5) is 5.13 Å². The fourth-order valence-electron chi connectivity index (χ4n) is 1.99. The van der Waals surface area contributed by atoms with Crippen LogP contribution in [0.1, 0.15) is 25.6 Å². The number of hydrogen-bond donors (Lipinski definition) is 1. The van der Waals surface area contributed by atoms with E-state index >= 15 is 0 Å². The molecule has 0 saturated carbocycles. The molecule has 0 aliphatic rings. The van der Waals surface area contributed by atoms with Crippen molar-refractivity contribution in [3.05, 3.63) is 4.88 Å². The van der Waals surface area contributed by atoms with Gasteiger partial charge in [-0.1, -0.05) is 25.2 Å². The zero-order chi connectivity index (χ0) is 15.1. The normalized spacial score (nSPS) is 12.8. The van der Waals surface area contributed by atoms with E-state index in [9.17, 15) is 0 Å². The van der Waals surface area contributed by atoms with E-state index in [1.807, 2.05) is 19.0 Å². The third-order valence-corrected chi connectivity index (χ3v) is 4.47. The molecule has 1 aromatic rings. The van der Waals surface area contributed by atoms with Crippen LogP contribution in [-0.2, 0) is 6.54 Å². The maximum absolute atomic E-state index is 5.35. The summed E-state index contributed by atoms with van der Waals surface area (Å²) in [6.45, 7) is 10.7. The van der Waals surface area contributed by atoms with Crippen LogP contribution in [0.2, 0.25) is 0 Å². The summed E-state index contributed by atoms with van der Waals surface area (Å²) in [5.41, 5.74) is 0. The monoisotopic (exact) mass is 300 g/mol. The molecule has 1 N–H and O–H groups in total. The standard InChI is InChI=1S/C14H28N4OS/c1-7-18(8-2)10-11(3)15-9-12-13(19-6)16-14(20-12)17(4)5/h11,15H,7-10H2,1-6H3. The largest absolute Gasteiger partial charge is 0.480 e. The van der Waals surface area contributed by atoms with Crippen molar-refractivity contribution >= 4 is 16.5 Å². The molecule has 6 heteroatoms. The molecule has 1 atom stereocenters. The van der Waals surface area contributed by atoms with Crippen LogP contribution >= 0.6 is 11.3 Å². The SMILES string of the molecule is CCN(CC)CC(C)NCc1sc(N(C)C)nc1OC. The summed E-state index contributed by atoms with van der Waals surface area (Å²) in [7, 11) is 5.67. The summed E-state index contributed by atoms with van der Waals surface area (Å²) in [6, 6.07) is 0.449. The van der Waals surface area contributed by atoms with Gasteiger partial charge in [0.15, 0.2) is 5.13 Å². The van der Waals surface area contributed by atoms with Crippen molar-refractivity contribution in [1.29, 1.82) is 0 Å². The van der Waals surface area contributed by atoms with E-state index in [4.69, 9.17) is 4.74 Å². The van der Waals surface area contributed by atoms with Crippen molar-refractivity contribution in [3.63, 3.8) is 0 Å². The zero-order valence-corrected chi connectivity index (χ0v) is 14.4. The van der Waals surface area contributed by atoms with Crippen LogP contribution in [0.3, 0.4) is 0 Å². The molecular formula is C14H28N4OS. The van der Waals surface area contributed by atoms with Crippen molar-refractivity contribution < 1.29 is 4.74 Å². The van der Waals surface area contributed by atoms with E-state index in [-0.39, 0.29) is 0 Å². The summed E-state index contributed by atoms with van der Waals surface area (Å²) in [4.78, 5) is 10.1. The number of hydrogen-bond acceptors (Lipinski definition) is 6. The Morgan fingerprint density at radius 2 is 1.95 bits per heavy atom. The molecule has 20 heavy (non-hydrogen) atoms. The predicted molar refractivity (Wildman–Crippen MR) is 87.1 cm³/mol. The lowest BCUT2D eigenvalue weighted by Gasteiger charge is -2.23. The Morgan fingerprint density at radius 1 is 1.30 bits per heavy atom. The Kier molecular flexibility index (Phi) is 7.26. The molecule has 0 fully saturated rings. The summed E-state index contributed by atoms with van der Waals surface area (Å²) in [5.74, 6) is 0.737. The maximum Gasteiger partial charge on any atom is 0.230 e. The minimum absolute atomic E-state index is 0.449. The van der Waals surface area contributed by atoms with Gasteiger partial charge in [-0.3, -0.25) is 0 Å². The molecule has 0 saturated heterocycles. The maximum atomic E-state index is 5.35. The Hall–Kier alpha value is -0.850. The van der Waals surface area contributed by atoms with Gasteiger partial charge in [-0.15, -0.1) is 0 Å². The summed E-state index contributed by atoms with van der Waals surface area (Å²) in [6.07, 6.45) is 0. The second-order valence-electron chi connectivity index (χ2n) is 5.09. The van der Waals surface area contributed by atoms with Crippen LogP contribution in [0, 0.1) is 0 Å². The highest BCUT2D eigenvalue weighted by Gasteiger charge is 2.14. The molecule has 0 radical (unpaired) electrons. The van der Waals surface area contributed by atoms with Gasteiger partial charge in [0.25, 0.3) is 0 Å². The minimum atomic E-state index is 0.449. The molecule has 0 aliphatic heterocycles. The molecule has 0 aromatic carbocycles. The first-order valence-electron chi connectivity index (χ1n) is 7.18. The van der Waals surface area contributed by atoms with Gasteiger partial charge in [-0.2, -0.15) is 4.98 Å². The van der Waals surface area contributed by atoms with Crippen molar-refractivity contribution in [2.45, 2.75) is 33.4 Å². The number of likely N-dealkylation sites (N-methyl/N-ethyl adjacent to an activating group) is 1. The lowest BCUT2D eigenvalue weighted by molar-refractivity contribution is 0.270. The van der Waals surface area contributed by atoms with E-state index in [1.54, 1.807) is 18.4 Å². The molecule has 1 unspecified atom stereocenters. The lowest BCUT2D eigenvalue weighted by Crippen LogP contribution is -2.38. The molecular weight excluding hydrogens is 272 g/mol. The number of rotatable bonds is 9. The van der Waals surface area contributed by atoms with E-state index in [2.05, 4.69) is 36.0 Å². The Bertz CT molecular complexity index is 391. The second kappa shape index (κ2) is 8.44. The third-order valence-electron chi connectivity index (χ3n) is 3.26. The average molecular weight is 300 g/mol. The summed E-state index contributed by atoms with van der Waals surface area (Å²) in [5, 5.41) is 4.54. The van der Waals surface area contributed by atoms with Gasteiger partial charge in [0, 0.05) is 33.2 Å². The molecule has 1 rings (SSSR count). The van der Waals surface area contributed by atoms with Gasteiger partial charge in [0.2, 0.25) is 5.88 Å². The molecule has 0 amide bonds. The van der Waals surface area contributed by atoms with Crippen LogP contribution in [-0.4, -0.2) is 56.8 Å². The fraction of sp³-hybridized carbons (Fsp3) is 0.786. The highest BCUT2D eigenvalue weighted by atomic mass is 32.1. The topological polar surface area (TPSA) is 40.6 Å². The number of ether oxygens (including phenoxy) is 1. The van der Waals surface area contributed by atoms with Crippen molar-refractivity contribution in [3.8, 4) is 5.88 Å². The number of thiazole rings is 1. The number of methoxy groups -OCH3 is 1. The van der Waals surface area contributed by atoms with E-state index in [1.165, 1.54) is 0 Å². The summed E-state index contributed by atoms with van der Waals surface area (Å²) < 4.78 is 5.35. The molecule has 116 valence electrons. The zero-order valence-electron chi connectivity index (χ0n) is 13.6. The number of anilines is 1. The van der Waals surface area contributed by atoms with Crippen LogP contribution in [0.5, 0.6) is 5.88 Å². The number of aromatic nitrogens is 1. The Morgan fingerprint density at radius 3 is 2.45 bits per heavy atom. The van der Waals surface area contributed by atoms with Gasteiger partial charge < -0.3 is 19.9 Å². The van der Waals surface area contributed by atoms with Gasteiger partial charge >= 0.3 is 0 Å². The number of nitrogens with zero attached hydrogens (tertiary/aromatic N) is 3. The van der Waals surface area contributed by atoms with Crippen LogP contribution < -0.4 is 15.0 Å². The Balaban J connectivity index is 2.56. The highest BCUT2D eigenvalue weighted by molar-refractivity contribution is 7.15. The Labute approximate surface area is 126 Å². The first-order chi connectivity index (χ1) is 9.51. The van der Waals surface area contributed by atoms with E-state index in [0.717, 1.165) is 42.1 Å². The molecule has 5 nitrogen and oxygen atoms in total. The first-order valence-corrected chi connectivity index (χ1v) is 8.00. The molecule has 0 spiro atoms. The van der Waals surface area contributed by atoms with Gasteiger partial charge in [-0.05, 0) is 20.0 Å². The van der Waals surface area contributed by atoms with Crippen molar-refractivity contribution in [1.82, 2.24) is 15.2 Å². The van der Waals surface area contributed by atoms with Crippen LogP contribution in [0.15, 0.2) is 0 Å². The van der Waals surface area contributed by atoms with Gasteiger partial charge in [0.05, 0.1) is 12.0 Å². The highest BCUT2D eigenvalue weighted by Crippen LogP contribution is 2.30. The van der Waals surface area contributed by atoms with Crippen molar-refractivity contribution in [2.75, 3.05) is 45.7 Å². The molecule has 0 aliphatic carbocycles. The second-order valence-corrected chi connectivity index (χ2v) is 6.15. The molecule has 1 aromatic heterocycles.